The van der Waals surface area contributed by atoms with Crippen LogP contribution in [0.1, 0.15) is 5.56 Å². The molecule has 1 unspecified atom stereocenters. The molecule has 1 fully saturated rings. The fourth-order valence-electron chi connectivity index (χ4n) is 1.09. The van der Waals surface area contributed by atoms with Crippen molar-refractivity contribution in [3.05, 3.63) is 35.9 Å². The van der Waals surface area contributed by atoms with Crippen molar-refractivity contribution in [2.24, 2.45) is 0 Å². The Balaban J connectivity index is 1.86. The van der Waals surface area contributed by atoms with Crippen LogP contribution in [0.4, 0.5) is 0 Å². The highest BCUT2D eigenvalue weighted by Crippen LogP contribution is 2.28. The molecule has 3 nitrogen and oxygen atoms in total. The van der Waals surface area contributed by atoms with E-state index in [1.54, 1.807) is 0 Å². The standard InChI is InChI=1S/C10H12O3/c11-7-10(8-13-10)12-6-9-4-2-1-3-5-9/h1-5,11H,6-8H2. The highest BCUT2D eigenvalue weighted by Gasteiger charge is 2.45. The molecule has 1 aliphatic heterocycles. The van der Waals surface area contributed by atoms with Crippen molar-refractivity contribution < 1.29 is 14.6 Å². The van der Waals surface area contributed by atoms with E-state index in [4.69, 9.17) is 14.6 Å². The molecule has 0 aliphatic carbocycles. The summed E-state index contributed by atoms with van der Waals surface area (Å²) in [5.41, 5.74) is 1.09. The van der Waals surface area contributed by atoms with Crippen LogP contribution in [0.5, 0.6) is 0 Å². The molecule has 70 valence electrons. The second-order valence-corrected chi connectivity index (χ2v) is 3.13. The molecule has 1 aromatic rings. The molecule has 1 atom stereocenters. The summed E-state index contributed by atoms with van der Waals surface area (Å²) in [6, 6.07) is 9.83. The third-order valence-corrected chi connectivity index (χ3v) is 2.05. The molecular weight excluding hydrogens is 168 g/mol. The number of epoxide rings is 1. The third-order valence-electron chi connectivity index (χ3n) is 2.05. The summed E-state index contributed by atoms with van der Waals surface area (Å²) < 4.78 is 10.4. The topological polar surface area (TPSA) is 42.0 Å². The maximum atomic E-state index is 8.88. The van der Waals surface area contributed by atoms with E-state index in [0.717, 1.165) is 5.56 Å². The van der Waals surface area contributed by atoms with E-state index in [1.807, 2.05) is 30.3 Å². The Morgan fingerprint density at radius 1 is 1.38 bits per heavy atom. The van der Waals surface area contributed by atoms with Crippen LogP contribution >= 0.6 is 0 Å². The highest BCUT2D eigenvalue weighted by atomic mass is 16.8. The SMILES string of the molecule is OCC1(OCc2ccccc2)CO1. The number of aliphatic hydroxyl groups excluding tert-OH is 1. The highest BCUT2D eigenvalue weighted by molar-refractivity contribution is 5.13. The number of benzene rings is 1. The lowest BCUT2D eigenvalue weighted by molar-refractivity contribution is -0.0841. The van der Waals surface area contributed by atoms with Gasteiger partial charge in [-0.25, -0.2) is 0 Å². The maximum absolute atomic E-state index is 8.88. The summed E-state index contributed by atoms with van der Waals surface area (Å²) in [5, 5.41) is 8.88. The summed E-state index contributed by atoms with van der Waals surface area (Å²) in [5.74, 6) is -0.699. The van der Waals surface area contributed by atoms with E-state index >= 15 is 0 Å². The molecule has 2 rings (SSSR count). The van der Waals surface area contributed by atoms with Gasteiger partial charge in [0.1, 0.15) is 6.61 Å². The van der Waals surface area contributed by atoms with Crippen molar-refractivity contribution in [2.75, 3.05) is 13.2 Å². The molecule has 3 heteroatoms. The Bertz CT molecular complexity index is 267. The first-order chi connectivity index (χ1) is 6.35. The van der Waals surface area contributed by atoms with Crippen LogP contribution in [-0.4, -0.2) is 24.1 Å². The lowest BCUT2D eigenvalue weighted by Crippen LogP contribution is -2.20. The van der Waals surface area contributed by atoms with E-state index in [1.165, 1.54) is 0 Å². The first-order valence-electron chi connectivity index (χ1n) is 4.27. The molecule has 1 aromatic carbocycles. The Kier molecular flexibility index (Phi) is 2.31. The van der Waals surface area contributed by atoms with Gasteiger partial charge in [0, 0.05) is 0 Å². The summed E-state index contributed by atoms with van der Waals surface area (Å²) >= 11 is 0. The molecule has 0 radical (unpaired) electrons. The van der Waals surface area contributed by atoms with E-state index in [0.29, 0.717) is 13.2 Å². The van der Waals surface area contributed by atoms with Crippen molar-refractivity contribution in [1.82, 2.24) is 0 Å². The van der Waals surface area contributed by atoms with Crippen LogP contribution in [0.25, 0.3) is 0 Å². The van der Waals surface area contributed by atoms with Gasteiger partial charge in [-0.1, -0.05) is 30.3 Å². The molecule has 0 bridgehead atoms. The van der Waals surface area contributed by atoms with Crippen LogP contribution in [0.3, 0.4) is 0 Å². The smallest absolute Gasteiger partial charge is 0.216 e. The number of hydrogen-bond donors (Lipinski definition) is 1. The molecule has 0 spiro atoms. The van der Waals surface area contributed by atoms with Gasteiger partial charge in [-0.2, -0.15) is 0 Å². The number of hydrogen-bond acceptors (Lipinski definition) is 3. The van der Waals surface area contributed by atoms with Crippen molar-refractivity contribution in [1.29, 1.82) is 0 Å². The van der Waals surface area contributed by atoms with Gasteiger partial charge in [-0.3, -0.25) is 0 Å². The fourth-order valence-corrected chi connectivity index (χ4v) is 1.09. The average molecular weight is 180 g/mol. The van der Waals surface area contributed by atoms with Gasteiger partial charge < -0.3 is 14.6 Å². The van der Waals surface area contributed by atoms with Gasteiger partial charge in [0.2, 0.25) is 5.79 Å². The third kappa shape index (κ3) is 2.06. The van der Waals surface area contributed by atoms with Gasteiger partial charge in [0.05, 0.1) is 13.2 Å². The van der Waals surface area contributed by atoms with Crippen molar-refractivity contribution in [3.63, 3.8) is 0 Å². The van der Waals surface area contributed by atoms with Gasteiger partial charge in [-0.05, 0) is 5.56 Å². The Morgan fingerprint density at radius 3 is 2.62 bits per heavy atom. The second-order valence-electron chi connectivity index (χ2n) is 3.13. The Hall–Kier alpha value is -0.900. The zero-order valence-corrected chi connectivity index (χ0v) is 7.27. The minimum Gasteiger partial charge on any atom is -0.391 e. The zero-order chi connectivity index (χ0) is 9.15. The molecule has 0 saturated carbocycles. The van der Waals surface area contributed by atoms with Crippen LogP contribution in [-0.2, 0) is 16.1 Å². The minimum atomic E-state index is -0.699. The van der Waals surface area contributed by atoms with E-state index < -0.39 is 5.79 Å². The molecule has 0 amide bonds. The first-order valence-corrected chi connectivity index (χ1v) is 4.27. The fraction of sp³-hybridized carbons (Fsp3) is 0.400. The summed E-state index contributed by atoms with van der Waals surface area (Å²) in [7, 11) is 0. The van der Waals surface area contributed by atoms with Crippen molar-refractivity contribution in [2.45, 2.75) is 12.4 Å². The van der Waals surface area contributed by atoms with E-state index in [-0.39, 0.29) is 6.61 Å². The quantitative estimate of drug-likeness (QED) is 0.700. The Labute approximate surface area is 76.9 Å². The largest absolute Gasteiger partial charge is 0.391 e. The van der Waals surface area contributed by atoms with Gasteiger partial charge in [-0.15, -0.1) is 0 Å². The monoisotopic (exact) mass is 180 g/mol. The molecule has 1 saturated heterocycles. The number of rotatable bonds is 4. The van der Waals surface area contributed by atoms with E-state index in [9.17, 15) is 0 Å². The van der Waals surface area contributed by atoms with Crippen LogP contribution < -0.4 is 0 Å². The van der Waals surface area contributed by atoms with Crippen LogP contribution in [0, 0.1) is 0 Å². The normalized spacial score (nSPS) is 25.9. The lowest BCUT2D eigenvalue weighted by atomic mass is 10.2. The average Bonchev–Trinajstić information content (AvgIpc) is 2.97. The summed E-state index contributed by atoms with van der Waals surface area (Å²) in [6.07, 6.45) is 0. The summed E-state index contributed by atoms with van der Waals surface area (Å²) in [6.45, 7) is 0.914. The van der Waals surface area contributed by atoms with Crippen molar-refractivity contribution in [3.8, 4) is 0 Å². The van der Waals surface area contributed by atoms with E-state index in [2.05, 4.69) is 0 Å². The maximum Gasteiger partial charge on any atom is 0.216 e. The van der Waals surface area contributed by atoms with Crippen molar-refractivity contribution >= 4 is 0 Å². The molecule has 1 N–H and O–H groups in total. The van der Waals surface area contributed by atoms with Gasteiger partial charge in [0.25, 0.3) is 0 Å². The first kappa shape index (κ1) is 8.69. The second kappa shape index (κ2) is 3.46. The predicted octanol–water partition coefficient (Wildman–Crippen LogP) is 0.922. The minimum absolute atomic E-state index is 0.0696. The number of aliphatic hydroxyl groups is 1. The summed E-state index contributed by atoms with van der Waals surface area (Å²) in [4.78, 5) is 0. The molecule has 0 aromatic heterocycles. The molecule has 13 heavy (non-hydrogen) atoms. The van der Waals surface area contributed by atoms with Crippen LogP contribution in [0.15, 0.2) is 30.3 Å². The Morgan fingerprint density at radius 2 is 2.08 bits per heavy atom. The van der Waals surface area contributed by atoms with Gasteiger partial charge >= 0.3 is 0 Å². The molecule has 1 aliphatic rings. The molecular formula is C10H12O3. The van der Waals surface area contributed by atoms with Gasteiger partial charge in [0.15, 0.2) is 0 Å². The lowest BCUT2D eigenvalue weighted by Gasteiger charge is -2.09. The van der Waals surface area contributed by atoms with Crippen LogP contribution in [0.2, 0.25) is 0 Å². The number of ether oxygens (including phenoxy) is 2. The zero-order valence-electron chi connectivity index (χ0n) is 7.27. The molecule has 1 heterocycles. The predicted molar refractivity (Wildman–Crippen MR) is 47.0 cm³/mol.